The summed E-state index contributed by atoms with van der Waals surface area (Å²) < 4.78 is 18.6. The highest BCUT2D eigenvalue weighted by molar-refractivity contribution is 5.94. The van der Waals surface area contributed by atoms with Crippen LogP contribution >= 0.6 is 0 Å². The van der Waals surface area contributed by atoms with Gasteiger partial charge in [0.2, 0.25) is 0 Å². The molecule has 1 aliphatic heterocycles. The van der Waals surface area contributed by atoms with Crippen molar-refractivity contribution in [2.75, 3.05) is 13.1 Å². The Bertz CT molecular complexity index is 754. The lowest BCUT2D eigenvalue weighted by Gasteiger charge is -2.24. The number of aryl methyl sites for hydroxylation is 1. The van der Waals surface area contributed by atoms with E-state index in [-0.39, 0.29) is 17.6 Å². The highest BCUT2D eigenvalue weighted by Crippen LogP contribution is 2.29. The first-order chi connectivity index (χ1) is 12.2. The van der Waals surface area contributed by atoms with Gasteiger partial charge in [-0.1, -0.05) is 23.7 Å². The third kappa shape index (κ3) is 3.32. The second-order valence-electron chi connectivity index (χ2n) is 7.14. The van der Waals surface area contributed by atoms with Crippen molar-refractivity contribution >= 4 is 5.91 Å². The number of carbonyl (C=O) groups is 1. The summed E-state index contributed by atoms with van der Waals surface area (Å²) in [5.41, 5.74) is 2.62. The number of hydrogen-bond acceptors (Lipinski definition) is 3. The maximum absolute atomic E-state index is 13.2. The van der Waals surface area contributed by atoms with E-state index in [2.05, 4.69) is 5.16 Å². The van der Waals surface area contributed by atoms with Gasteiger partial charge in [-0.2, -0.15) is 0 Å². The monoisotopic (exact) mass is 342 g/mol. The van der Waals surface area contributed by atoms with Gasteiger partial charge >= 0.3 is 0 Å². The third-order valence-corrected chi connectivity index (χ3v) is 5.45. The predicted molar refractivity (Wildman–Crippen MR) is 92.0 cm³/mol. The lowest BCUT2D eigenvalue weighted by Crippen LogP contribution is -2.35. The number of nitrogens with zero attached hydrogens (tertiary/aromatic N) is 2. The van der Waals surface area contributed by atoms with E-state index >= 15 is 0 Å². The molecule has 2 aromatic rings. The van der Waals surface area contributed by atoms with E-state index in [0.717, 1.165) is 68.4 Å². The summed E-state index contributed by atoms with van der Waals surface area (Å²) in [4.78, 5) is 15.0. The van der Waals surface area contributed by atoms with Crippen LogP contribution in [0.5, 0.6) is 0 Å². The van der Waals surface area contributed by atoms with Crippen LogP contribution in [0.4, 0.5) is 4.39 Å². The van der Waals surface area contributed by atoms with Crippen molar-refractivity contribution in [2.45, 2.75) is 50.9 Å². The first kappa shape index (κ1) is 16.3. The highest BCUT2D eigenvalue weighted by atomic mass is 19.1. The summed E-state index contributed by atoms with van der Waals surface area (Å²) in [5, 5.41) is 4.10. The third-order valence-electron chi connectivity index (χ3n) is 5.45. The standard InChI is InChI=1S/C20H23FN2O2/c21-16-10-8-14(9-11-16)15-5-3-4-12-23(13-15)20(24)19-17-6-1-2-7-18(17)25-22-19/h8-11,15H,1-7,12-13H2. The zero-order valence-corrected chi connectivity index (χ0v) is 14.3. The van der Waals surface area contributed by atoms with Crippen LogP contribution in [0.2, 0.25) is 0 Å². The van der Waals surface area contributed by atoms with Crippen LogP contribution < -0.4 is 0 Å². The molecule has 132 valence electrons. The molecule has 1 unspecified atom stereocenters. The summed E-state index contributed by atoms with van der Waals surface area (Å²) in [5.74, 6) is 0.898. The van der Waals surface area contributed by atoms with Gasteiger partial charge in [-0.05, 0) is 49.8 Å². The molecule has 0 spiro atoms. The van der Waals surface area contributed by atoms with E-state index in [1.807, 2.05) is 17.0 Å². The Hall–Kier alpha value is -2.17. The van der Waals surface area contributed by atoms with Gasteiger partial charge in [-0.25, -0.2) is 4.39 Å². The number of halogens is 1. The van der Waals surface area contributed by atoms with Crippen LogP contribution in [-0.2, 0) is 12.8 Å². The van der Waals surface area contributed by atoms with E-state index in [0.29, 0.717) is 12.2 Å². The molecule has 1 aromatic heterocycles. The number of carbonyl (C=O) groups excluding carboxylic acids is 1. The van der Waals surface area contributed by atoms with Crippen LogP contribution in [0.15, 0.2) is 28.8 Å². The Morgan fingerprint density at radius 2 is 1.92 bits per heavy atom. The number of amides is 1. The van der Waals surface area contributed by atoms with Gasteiger partial charge in [0.05, 0.1) is 0 Å². The molecular weight excluding hydrogens is 319 g/mol. The van der Waals surface area contributed by atoms with E-state index in [9.17, 15) is 9.18 Å². The lowest BCUT2D eigenvalue weighted by atomic mass is 9.94. The molecule has 25 heavy (non-hydrogen) atoms. The van der Waals surface area contributed by atoms with E-state index in [1.54, 1.807) is 0 Å². The molecule has 1 atom stereocenters. The Balaban J connectivity index is 1.55. The SMILES string of the molecule is O=C(c1noc2c1CCCC2)N1CCCCC(c2ccc(F)cc2)C1. The molecule has 4 rings (SSSR count). The Morgan fingerprint density at radius 1 is 1.12 bits per heavy atom. The molecule has 5 heteroatoms. The molecular formula is C20H23FN2O2. The number of rotatable bonds is 2. The molecule has 2 heterocycles. The quantitative estimate of drug-likeness (QED) is 0.825. The summed E-state index contributed by atoms with van der Waals surface area (Å²) in [6.07, 6.45) is 7.04. The second-order valence-corrected chi connectivity index (χ2v) is 7.14. The van der Waals surface area contributed by atoms with Gasteiger partial charge in [0.25, 0.3) is 5.91 Å². The fraction of sp³-hybridized carbons (Fsp3) is 0.500. The molecule has 4 nitrogen and oxygen atoms in total. The second kappa shape index (κ2) is 6.98. The normalized spacial score (nSPS) is 20.8. The largest absolute Gasteiger partial charge is 0.360 e. The lowest BCUT2D eigenvalue weighted by molar-refractivity contribution is 0.0743. The van der Waals surface area contributed by atoms with Crippen molar-refractivity contribution < 1.29 is 13.7 Å². The minimum Gasteiger partial charge on any atom is -0.360 e. The van der Waals surface area contributed by atoms with Crippen molar-refractivity contribution in [1.82, 2.24) is 10.1 Å². The van der Waals surface area contributed by atoms with E-state index in [4.69, 9.17) is 4.52 Å². The summed E-state index contributed by atoms with van der Waals surface area (Å²) in [6.45, 7) is 1.41. The van der Waals surface area contributed by atoms with E-state index in [1.165, 1.54) is 12.1 Å². The number of hydrogen-bond donors (Lipinski definition) is 0. The topological polar surface area (TPSA) is 46.3 Å². The van der Waals surface area contributed by atoms with Crippen LogP contribution in [0.25, 0.3) is 0 Å². The molecule has 0 bridgehead atoms. The van der Waals surface area contributed by atoms with Crippen molar-refractivity contribution in [2.24, 2.45) is 0 Å². The Kier molecular flexibility index (Phi) is 4.55. The smallest absolute Gasteiger partial charge is 0.276 e. The van der Waals surface area contributed by atoms with Gasteiger partial charge in [-0.3, -0.25) is 4.79 Å². The average molecular weight is 342 g/mol. The van der Waals surface area contributed by atoms with Crippen molar-refractivity contribution in [3.8, 4) is 0 Å². The Morgan fingerprint density at radius 3 is 2.76 bits per heavy atom. The predicted octanol–water partition coefficient (Wildman–Crippen LogP) is 4.10. The molecule has 2 aliphatic rings. The first-order valence-electron chi connectivity index (χ1n) is 9.24. The molecule has 1 aromatic carbocycles. The highest BCUT2D eigenvalue weighted by Gasteiger charge is 2.30. The molecule has 0 N–H and O–H groups in total. The molecule has 1 saturated heterocycles. The molecule has 0 saturated carbocycles. The van der Waals surface area contributed by atoms with E-state index < -0.39 is 0 Å². The van der Waals surface area contributed by atoms with Gasteiger partial charge < -0.3 is 9.42 Å². The molecule has 1 amide bonds. The fourth-order valence-electron chi connectivity index (χ4n) is 4.04. The summed E-state index contributed by atoms with van der Waals surface area (Å²) >= 11 is 0. The van der Waals surface area contributed by atoms with Gasteiger partial charge in [0, 0.05) is 31.0 Å². The van der Waals surface area contributed by atoms with Crippen molar-refractivity contribution in [1.29, 1.82) is 0 Å². The minimum atomic E-state index is -0.223. The number of fused-ring (bicyclic) bond motifs is 1. The molecule has 0 radical (unpaired) electrons. The maximum atomic E-state index is 13.2. The summed E-state index contributed by atoms with van der Waals surface area (Å²) in [6, 6.07) is 6.68. The summed E-state index contributed by atoms with van der Waals surface area (Å²) in [7, 11) is 0. The zero-order valence-electron chi connectivity index (χ0n) is 14.3. The average Bonchev–Trinajstić information content (AvgIpc) is 2.91. The van der Waals surface area contributed by atoms with Crippen LogP contribution in [0.3, 0.4) is 0 Å². The number of aromatic nitrogens is 1. The zero-order chi connectivity index (χ0) is 17.2. The molecule has 1 aliphatic carbocycles. The van der Waals surface area contributed by atoms with Crippen LogP contribution in [0.1, 0.15) is 65.4 Å². The van der Waals surface area contributed by atoms with Crippen molar-refractivity contribution in [3.05, 3.63) is 52.7 Å². The molecule has 1 fully saturated rings. The van der Waals surface area contributed by atoms with Gasteiger partial charge in [0.15, 0.2) is 5.69 Å². The Labute approximate surface area is 147 Å². The maximum Gasteiger partial charge on any atom is 0.276 e. The van der Waals surface area contributed by atoms with Crippen LogP contribution in [0, 0.1) is 5.82 Å². The fourth-order valence-corrected chi connectivity index (χ4v) is 4.04. The van der Waals surface area contributed by atoms with Crippen LogP contribution in [-0.4, -0.2) is 29.1 Å². The van der Waals surface area contributed by atoms with Gasteiger partial charge in [-0.15, -0.1) is 0 Å². The van der Waals surface area contributed by atoms with Crippen molar-refractivity contribution in [3.63, 3.8) is 0 Å². The number of likely N-dealkylation sites (tertiary alicyclic amines) is 1. The van der Waals surface area contributed by atoms with Gasteiger partial charge in [0.1, 0.15) is 11.6 Å². The number of benzene rings is 1. The minimum absolute atomic E-state index is 0.0130. The first-order valence-corrected chi connectivity index (χ1v) is 9.24.